The van der Waals surface area contributed by atoms with Crippen molar-refractivity contribution in [2.75, 3.05) is 13.1 Å². The molecule has 1 rings (SSSR count). The van der Waals surface area contributed by atoms with E-state index >= 15 is 0 Å². The molecule has 1 saturated heterocycles. The van der Waals surface area contributed by atoms with Gasteiger partial charge in [0.05, 0.1) is 0 Å². The van der Waals surface area contributed by atoms with Crippen molar-refractivity contribution in [2.45, 2.75) is 64.7 Å². The van der Waals surface area contributed by atoms with Crippen LogP contribution in [0.3, 0.4) is 0 Å². The Kier molecular flexibility index (Phi) is 5.92. The zero-order valence-corrected chi connectivity index (χ0v) is 14.4. The average Bonchev–Trinajstić information content (AvgIpc) is 2.25. The Morgan fingerprint density at radius 1 is 1.20 bits per heavy atom. The number of ether oxygens (including phenoxy) is 1. The molecule has 0 bridgehead atoms. The summed E-state index contributed by atoms with van der Waals surface area (Å²) >= 11 is 1.61. The second kappa shape index (κ2) is 6.83. The first-order valence-corrected chi connectivity index (χ1v) is 8.04. The second-order valence-corrected chi connectivity index (χ2v) is 8.88. The molecule has 1 fully saturated rings. The van der Waals surface area contributed by atoms with Crippen LogP contribution in [-0.4, -0.2) is 40.6 Å². The molecular formula is C15H28N2O2S. The maximum Gasteiger partial charge on any atom is 0.410 e. The van der Waals surface area contributed by atoms with Gasteiger partial charge >= 0.3 is 6.09 Å². The molecule has 0 radical (unpaired) electrons. The fourth-order valence-electron chi connectivity index (χ4n) is 1.83. The summed E-state index contributed by atoms with van der Waals surface area (Å²) in [6.45, 7) is 13.7. The van der Waals surface area contributed by atoms with Gasteiger partial charge < -0.3 is 9.64 Å². The van der Waals surface area contributed by atoms with E-state index in [2.05, 4.69) is 25.2 Å². The number of piperidine rings is 1. The molecule has 20 heavy (non-hydrogen) atoms. The number of carbonyl (C=O) groups is 1. The van der Waals surface area contributed by atoms with Crippen LogP contribution in [0.15, 0.2) is 4.40 Å². The van der Waals surface area contributed by atoms with E-state index < -0.39 is 5.60 Å². The predicted molar refractivity (Wildman–Crippen MR) is 86.4 cm³/mol. The highest BCUT2D eigenvalue weighted by atomic mass is 32.2. The summed E-state index contributed by atoms with van der Waals surface area (Å²) in [5, 5.41) is 0. The van der Waals surface area contributed by atoms with Gasteiger partial charge in [-0.3, -0.25) is 0 Å². The lowest BCUT2D eigenvalue weighted by Gasteiger charge is -2.32. The van der Waals surface area contributed by atoms with Crippen molar-refractivity contribution in [3.63, 3.8) is 0 Å². The van der Waals surface area contributed by atoms with Gasteiger partial charge in [-0.2, -0.15) is 0 Å². The van der Waals surface area contributed by atoms with Crippen molar-refractivity contribution >= 4 is 24.3 Å². The summed E-state index contributed by atoms with van der Waals surface area (Å²) in [5.41, 5.74) is -0.418. The third-order valence-electron chi connectivity index (χ3n) is 2.79. The fourth-order valence-corrected chi connectivity index (χ4v) is 2.38. The molecule has 1 aliphatic rings. The highest BCUT2D eigenvalue weighted by Gasteiger charge is 2.26. The fraction of sp³-hybridized carbons (Fsp3) is 0.867. The van der Waals surface area contributed by atoms with E-state index in [9.17, 15) is 4.79 Å². The number of carbonyl (C=O) groups excluding carboxylic acids is 1. The van der Waals surface area contributed by atoms with Crippen LogP contribution < -0.4 is 0 Å². The maximum atomic E-state index is 11.9. The second-order valence-electron chi connectivity index (χ2n) is 7.26. The molecule has 116 valence electrons. The molecule has 1 amide bonds. The largest absolute Gasteiger partial charge is 0.444 e. The third-order valence-corrected chi connectivity index (χ3v) is 3.56. The molecule has 4 nitrogen and oxygen atoms in total. The van der Waals surface area contributed by atoms with Crippen LogP contribution in [0.5, 0.6) is 0 Å². The Hall–Kier alpha value is -0.710. The van der Waals surface area contributed by atoms with Crippen molar-refractivity contribution in [3.8, 4) is 0 Å². The number of rotatable bonds is 2. The highest BCUT2D eigenvalue weighted by Crippen LogP contribution is 2.25. The van der Waals surface area contributed by atoms with E-state index in [4.69, 9.17) is 4.74 Å². The Labute approximate surface area is 127 Å². The van der Waals surface area contributed by atoms with E-state index in [0.717, 1.165) is 25.9 Å². The van der Waals surface area contributed by atoms with Gasteiger partial charge in [0.2, 0.25) is 0 Å². The molecule has 0 N–H and O–H groups in total. The normalized spacial score (nSPS) is 18.6. The average molecular weight is 300 g/mol. The van der Waals surface area contributed by atoms with E-state index in [0.29, 0.717) is 5.92 Å². The Balaban J connectivity index is 2.35. The summed E-state index contributed by atoms with van der Waals surface area (Å²) in [6.07, 6.45) is 3.78. The molecule has 0 saturated carbocycles. The molecule has 5 heteroatoms. The van der Waals surface area contributed by atoms with Gasteiger partial charge in [0, 0.05) is 24.1 Å². The Morgan fingerprint density at radius 2 is 1.75 bits per heavy atom. The Bertz CT molecular complexity index is 348. The molecule has 0 aromatic heterocycles. The first-order chi connectivity index (χ1) is 9.07. The number of hydrogen-bond acceptors (Lipinski definition) is 4. The molecule has 0 aromatic carbocycles. The van der Waals surface area contributed by atoms with Crippen molar-refractivity contribution in [3.05, 3.63) is 0 Å². The predicted octanol–water partition coefficient (Wildman–Crippen LogP) is 4.15. The molecule has 0 aliphatic carbocycles. The first-order valence-electron chi connectivity index (χ1n) is 7.26. The minimum Gasteiger partial charge on any atom is -0.444 e. The van der Waals surface area contributed by atoms with Crippen molar-refractivity contribution < 1.29 is 9.53 Å². The summed E-state index contributed by atoms with van der Waals surface area (Å²) < 4.78 is 10.0. The molecule has 1 heterocycles. The lowest BCUT2D eigenvalue weighted by Crippen LogP contribution is -2.41. The molecule has 0 aromatic rings. The summed E-state index contributed by atoms with van der Waals surface area (Å²) in [4.78, 5) is 13.7. The number of likely N-dealkylation sites (tertiary alicyclic amines) is 1. The van der Waals surface area contributed by atoms with Crippen molar-refractivity contribution in [1.82, 2.24) is 4.90 Å². The van der Waals surface area contributed by atoms with Crippen molar-refractivity contribution in [1.29, 1.82) is 0 Å². The summed E-state index contributed by atoms with van der Waals surface area (Å²) in [5.74, 6) is 0.475. The van der Waals surface area contributed by atoms with Gasteiger partial charge in [-0.1, -0.05) is 0 Å². The standard InChI is InChI=1S/C15H28N2O2S/c1-14(2,3)19-13(18)17-9-7-12(8-10-17)11-16-20-15(4,5)6/h11-12H,7-10H2,1-6H3/b16-11+. The number of amides is 1. The minimum atomic E-state index is -0.418. The molecular weight excluding hydrogens is 272 g/mol. The van der Waals surface area contributed by atoms with E-state index in [-0.39, 0.29) is 10.8 Å². The number of nitrogens with zero attached hydrogens (tertiary/aromatic N) is 2. The van der Waals surface area contributed by atoms with Gasteiger partial charge in [0.15, 0.2) is 0 Å². The van der Waals surface area contributed by atoms with Gasteiger partial charge in [-0.05, 0) is 72.2 Å². The topological polar surface area (TPSA) is 41.9 Å². The highest BCUT2D eigenvalue weighted by molar-refractivity contribution is 7.99. The quantitative estimate of drug-likeness (QED) is 0.568. The third kappa shape index (κ3) is 7.17. The monoisotopic (exact) mass is 300 g/mol. The van der Waals surface area contributed by atoms with Crippen LogP contribution in [0.1, 0.15) is 54.4 Å². The van der Waals surface area contributed by atoms with Crippen LogP contribution >= 0.6 is 11.9 Å². The van der Waals surface area contributed by atoms with E-state index in [1.807, 2.05) is 27.0 Å². The van der Waals surface area contributed by atoms with Crippen LogP contribution in [-0.2, 0) is 4.74 Å². The van der Waals surface area contributed by atoms with E-state index in [1.54, 1.807) is 16.8 Å². The lowest BCUT2D eigenvalue weighted by molar-refractivity contribution is 0.0203. The van der Waals surface area contributed by atoms with E-state index in [1.165, 1.54) is 0 Å². The number of hydrogen-bond donors (Lipinski definition) is 0. The van der Waals surface area contributed by atoms with Gasteiger partial charge in [-0.15, -0.1) is 0 Å². The summed E-state index contributed by atoms with van der Waals surface area (Å²) in [7, 11) is 0. The van der Waals surface area contributed by atoms with Gasteiger partial charge in [0.1, 0.15) is 5.60 Å². The zero-order valence-electron chi connectivity index (χ0n) is 13.6. The minimum absolute atomic E-state index is 0.160. The van der Waals surface area contributed by atoms with Crippen LogP contribution in [0.25, 0.3) is 0 Å². The lowest BCUT2D eigenvalue weighted by atomic mass is 9.99. The Morgan fingerprint density at radius 3 is 2.20 bits per heavy atom. The SMILES string of the molecule is CC(C)(C)OC(=O)N1CCC(/C=N/SC(C)(C)C)CC1. The van der Waals surface area contributed by atoms with Gasteiger partial charge in [-0.25, -0.2) is 9.19 Å². The van der Waals surface area contributed by atoms with Crippen LogP contribution in [0, 0.1) is 5.92 Å². The van der Waals surface area contributed by atoms with Crippen molar-refractivity contribution in [2.24, 2.45) is 10.3 Å². The van der Waals surface area contributed by atoms with Gasteiger partial charge in [0.25, 0.3) is 0 Å². The first kappa shape index (κ1) is 17.3. The molecule has 1 aliphatic heterocycles. The smallest absolute Gasteiger partial charge is 0.410 e. The maximum absolute atomic E-state index is 11.9. The zero-order chi connectivity index (χ0) is 15.4. The summed E-state index contributed by atoms with van der Waals surface area (Å²) in [6, 6.07) is 0. The van der Waals surface area contributed by atoms with Crippen LogP contribution in [0.2, 0.25) is 0 Å². The van der Waals surface area contributed by atoms with Crippen LogP contribution in [0.4, 0.5) is 4.79 Å². The molecule has 0 atom stereocenters. The molecule has 0 spiro atoms. The molecule has 0 unspecified atom stereocenters.